The number of carbonyl (C=O) groups is 2. The van der Waals surface area contributed by atoms with E-state index in [2.05, 4.69) is 15.5 Å². The number of anilines is 1. The molecule has 1 aromatic heterocycles. The molecule has 6 heteroatoms. The number of nitrogens with zero attached hydrogens (tertiary/aromatic N) is 2. The lowest BCUT2D eigenvalue weighted by Crippen LogP contribution is -2.41. The number of amides is 2. The van der Waals surface area contributed by atoms with E-state index < -0.39 is 0 Å². The van der Waals surface area contributed by atoms with Crippen LogP contribution in [0.25, 0.3) is 0 Å². The number of Topliss-reactive ketones (excluding diaryl/α,β-unsaturated/α-hetero) is 1. The Bertz CT molecular complexity index is 785. The monoisotopic (exact) mass is 338 g/mol. The van der Waals surface area contributed by atoms with Gasteiger partial charge in [-0.05, 0) is 49.8 Å². The summed E-state index contributed by atoms with van der Waals surface area (Å²) < 4.78 is 0. The molecular weight excluding hydrogens is 316 g/mol. The van der Waals surface area contributed by atoms with Crippen LogP contribution in [0.2, 0.25) is 0 Å². The minimum absolute atomic E-state index is 0.0479. The van der Waals surface area contributed by atoms with E-state index in [-0.39, 0.29) is 17.9 Å². The Labute approximate surface area is 146 Å². The maximum Gasteiger partial charge on any atom is 0.322 e. The predicted octanol–water partition coefficient (Wildman–Crippen LogP) is 3.69. The summed E-state index contributed by atoms with van der Waals surface area (Å²) in [4.78, 5) is 26.8. The number of fused-ring (bicyclic) bond motifs is 1. The lowest BCUT2D eigenvalue weighted by Gasteiger charge is -2.35. The maximum atomic E-state index is 12.8. The van der Waals surface area contributed by atoms with Gasteiger partial charge in [0.1, 0.15) is 0 Å². The van der Waals surface area contributed by atoms with Crippen LogP contribution in [0, 0.1) is 0 Å². The number of urea groups is 1. The standard InChI is InChI=1S/C19H22N4O2/c24-18-6-3-4-13-7-8-15(10-16(13)18)22-19(25)23-9-2-1-5-17(23)14-11-20-21-12-14/h7-8,10-12,17H,1-6,9H2,(H,20,21)(H,22,25)/t17-/m0/s1. The largest absolute Gasteiger partial charge is 0.322 e. The number of aromatic nitrogens is 2. The molecule has 0 unspecified atom stereocenters. The van der Waals surface area contributed by atoms with Gasteiger partial charge in [0.05, 0.1) is 12.2 Å². The van der Waals surface area contributed by atoms with Gasteiger partial charge in [-0.25, -0.2) is 4.79 Å². The zero-order chi connectivity index (χ0) is 17.2. The van der Waals surface area contributed by atoms with Crippen LogP contribution in [0.3, 0.4) is 0 Å². The third kappa shape index (κ3) is 3.16. The molecule has 1 aliphatic carbocycles. The van der Waals surface area contributed by atoms with Gasteiger partial charge in [-0.15, -0.1) is 0 Å². The van der Waals surface area contributed by atoms with Crippen molar-refractivity contribution in [2.75, 3.05) is 11.9 Å². The van der Waals surface area contributed by atoms with E-state index >= 15 is 0 Å². The van der Waals surface area contributed by atoms with Gasteiger partial charge >= 0.3 is 6.03 Å². The number of rotatable bonds is 2. The third-order valence-corrected chi connectivity index (χ3v) is 5.18. The van der Waals surface area contributed by atoms with Gasteiger partial charge in [0.2, 0.25) is 0 Å². The van der Waals surface area contributed by atoms with Crippen molar-refractivity contribution in [3.8, 4) is 0 Å². The molecule has 1 aromatic carbocycles. The van der Waals surface area contributed by atoms with Gasteiger partial charge in [0, 0.05) is 36.0 Å². The Kier molecular flexibility index (Phi) is 4.26. The van der Waals surface area contributed by atoms with E-state index in [0.717, 1.165) is 55.3 Å². The molecule has 1 fully saturated rings. The Hall–Kier alpha value is -2.63. The number of H-pyrrole nitrogens is 1. The van der Waals surface area contributed by atoms with Gasteiger partial charge in [-0.3, -0.25) is 9.89 Å². The molecule has 4 rings (SSSR count). The minimum atomic E-state index is -0.117. The van der Waals surface area contributed by atoms with E-state index in [1.54, 1.807) is 6.20 Å². The summed E-state index contributed by atoms with van der Waals surface area (Å²) in [5.41, 5.74) is 3.57. The van der Waals surface area contributed by atoms with Gasteiger partial charge in [0.25, 0.3) is 0 Å². The van der Waals surface area contributed by atoms with Crippen LogP contribution in [0.4, 0.5) is 10.5 Å². The second-order valence-corrected chi connectivity index (χ2v) is 6.82. The predicted molar refractivity (Wildman–Crippen MR) is 94.6 cm³/mol. The highest BCUT2D eigenvalue weighted by Crippen LogP contribution is 2.31. The summed E-state index contributed by atoms with van der Waals surface area (Å²) in [6.07, 6.45) is 9.13. The molecule has 2 heterocycles. The first-order chi connectivity index (χ1) is 12.2. The van der Waals surface area contributed by atoms with Crippen molar-refractivity contribution in [2.45, 2.75) is 44.6 Å². The molecule has 1 aliphatic heterocycles. The molecule has 0 saturated carbocycles. The first kappa shape index (κ1) is 15.9. The fraction of sp³-hybridized carbons (Fsp3) is 0.421. The summed E-state index contributed by atoms with van der Waals surface area (Å²) >= 11 is 0. The molecule has 0 radical (unpaired) electrons. The molecule has 25 heavy (non-hydrogen) atoms. The Morgan fingerprint density at radius 1 is 1.24 bits per heavy atom. The fourth-order valence-corrected chi connectivity index (χ4v) is 3.87. The first-order valence-electron chi connectivity index (χ1n) is 8.95. The number of hydrogen-bond donors (Lipinski definition) is 2. The van der Waals surface area contributed by atoms with Crippen LogP contribution in [0.1, 0.15) is 59.6 Å². The van der Waals surface area contributed by atoms with Crippen molar-refractivity contribution in [3.05, 3.63) is 47.3 Å². The SMILES string of the molecule is O=C1CCCc2ccc(NC(=O)N3CCCC[C@H]3c3cn[nH]c3)cc21. The van der Waals surface area contributed by atoms with Crippen LogP contribution in [0.5, 0.6) is 0 Å². The van der Waals surface area contributed by atoms with E-state index in [9.17, 15) is 9.59 Å². The topological polar surface area (TPSA) is 78.1 Å². The molecule has 2 aliphatic rings. The summed E-state index contributed by atoms with van der Waals surface area (Å²) in [5, 5.41) is 9.82. The zero-order valence-electron chi connectivity index (χ0n) is 14.1. The van der Waals surface area contributed by atoms with E-state index in [1.807, 2.05) is 29.3 Å². The second kappa shape index (κ2) is 6.70. The molecule has 2 N–H and O–H groups in total. The smallest absolute Gasteiger partial charge is 0.317 e. The highest BCUT2D eigenvalue weighted by Gasteiger charge is 2.29. The summed E-state index contributed by atoms with van der Waals surface area (Å²) in [6, 6.07) is 5.62. The van der Waals surface area contributed by atoms with Crippen molar-refractivity contribution >= 4 is 17.5 Å². The van der Waals surface area contributed by atoms with Gasteiger partial charge in [0.15, 0.2) is 5.78 Å². The van der Waals surface area contributed by atoms with Crippen molar-refractivity contribution < 1.29 is 9.59 Å². The van der Waals surface area contributed by atoms with Crippen LogP contribution in [-0.2, 0) is 6.42 Å². The number of benzene rings is 1. The van der Waals surface area contributed by atoms with Crippen molar-refractivity contribution in [1.82, 2.24) is 15.1 Å². The average Bonchev–Trinajstić information content (AvgIpc) is 3.17. The zero-order valence-corrected chi connectivity index (χ0v) is 14.1. The molecule has 0 bridgehead atoms. The summed E-state index contributed by atoms with van der Waals surface area (Å²) in [6.45, 7) is 0.728. The average molecular weight is 338 g/mol. The molecular formula is C19H22N4O2. The molecule has 130 valence electrons. The molecule has 2 aromatic rings. The number of ketones is 1. The normalized spacial score (nSPS) is 20.2. The number of aryl methyl sites for hydroxylation is 1. The van der Waals surface area contributed by atoms with Gasteiger partial charge in [-0.1, -0.05) is 6.07 Å². The second-order valence-electron chi connectivity index (χ2n) is 6.82. The quantitative estimate of drug-likeness (QED) is 0.876. The lowest BCUT2D eigenvalue weighted by atomic mass is 9.90. The summed E-state index contributed by atoms with van der Waals surface area (Å²) in [5.74, 6) is 0.173. The van der Waals surface area contributed by atoms with E-state index in [1.165, 1.54) is 0 Å². The number of likely N-dealkylation sites (tertiary alicyclic amines) is 1. The van der Waals surface area contributed by atoms with E-state index in [0.29, 0.717) is 12.1 Å². The van der Waals surface area contributed by atoms with Crippen LogP contribution in [-0.4, -0.2) is 33.5 Å². The van der Waals surface area contributed by atoms with Crippen molar-refractivity contribution in [1.29, 1.82) is 0 Å². The summed E-state index contributed by atoms with van der Waals surface area (Å²) in [7, 11) is 0. The molecule has 6 nitrogen and oxygen atoms in total. The number of hydrogen-bond acceptors (Lipinski definition) is 3. The van der Waals surface area contributed by atoms with Crippen LogP contribution in [0.15, 0.2) is 30.6 Å². The van der Waals surface area contributed by atoms with Crippen molar-refractivity contribution in [3.63, 3.8) is 0 Å². The molecule has 2 amide bonds. The first-order valence-corrected chi connectivity index (χ1v) is 8.95. The molecule has 1 saturated heterocycles. The minimum Gasteiger partial charge on any atom is -0.317 e. The maximum absolute atomic E-state index is 12.8. The van der Waals surface area contributed by atoms with Crippen molar-refractivity contribution in [2.24, 2.45) is 0 Å². The van der Waals surface area contributed by atoms with Gasteiger partial charge in [-0.2, -0.15) is 5.10 Å². The van der Waals surface area contributed by atoms with E-state index in [4.69, 9.17) is 0 Å². The highest BCUT2D eigenvalue weighted by atomic mass is 16.2. The Balaban J connectivity index is 1.53. The van der Waals surface area contributed by atoms with Gasteiger partial charge < -0.3 is 10.2 Å². The third-order valence-electron chi connectivity index (χ3n) is 5.18. The molecule has 0 spiro atoms. The number of nitrogens with one attached hydrogen (secondary N) is 2. The van der Waals surface area contributed by atoms with Crippen LogP contribution >= 0.6 is 0 Å². The number of carbonyl (C=O) groups excluding carboxylic acids is 2. The van der Waals surface area contributed by atoms with Crippen LogP contribution < -0.4 is 5.32 Å². The highest BCUT2D eigenvalue weighted by molar-refractivity contribution is 6.00. The Morgan fingerprint density at radius 2 is 2.16 bits per heavy atom. The fourth-order valence-electron chi connectivity index (χ4n) is 3.87. The molecule has 1 atom stereocenters. The number of aromatic amines is 1. The lowest BCUT2D eigenvalue weighted by molar-refractivity contribution is 0.0972. The number of piperidine rings is 1. The Morgan fingerprint density at radius 3 is 3.00 bits per heavy atom.